The van der Waals surface area contributed by atoms with E-state index in [1.54, 1.807) is 17.0 Å². The predicted molar refractivity (Wildman–Crippen MR) is 129 cm³/mol. The molecule has 1 atom stereocenters. The predicted octanol–water partition coefficient (Wildman–Crippen LogP) is 3.47. The first kappa shape index (κ1) is 25.1. The molecule has 0 aromatic heterocycles. The van der Waals surface area contributed by atoms with Crippen molar-refractivity contribution in [1.82, 2.24) is 14.5 Å². The second kappa shape index (κ2) is 11.5. The zero-order valence-electron chi connectivity index (χ0n) is 19.2. The van der Waals surface area contributed by atoms with Crippen molar-refractivity contribution in [2.45, 2.75) is 32.9 Å². The Hall–Kier alpha value is -2.55. The van der Waals surface area contributed by atoms with Gasteiger partial charge in [-0.3, -0.25) is 9.69 Å². The average Bonchev–Trinajstić information content (AvgIpc) is 3.03. The summed E-state index contributed by atoms with van der Waals surface area (Å²) in [6.07, 6.45) is 2.31. The number of nitrogens with one attached hydrogen (secondary N) is 1. The molecule has 1 amide bonds. The highest BCUT2D eigenvalue weighted by Crippen LogP contribution is 2.14. The molecule has 0 aliphatic carbocycles. The zero-order chi connectivity index (χ0) is 23.8. The maximum atomic E-state index is 13.3. The van der Waals surface area contributed by atoms with Crippen LogP contribution in [0.4, 0.5) is 4.39 Å². The fourth-order valence-electron chi connectivity index (χ4n) is 3.81. The number of carbonyl (C=O) groups is 1. The number of benzene rings is 2. The molecule has 1 heterocycles. The monoisotopic (exact) mass is 473 g/mol. The summed E-state index contributed by atoms with van der Waals surface area (Å²) in [6.45, 7) is 6.95. The number of hydrogen-bond acceptors (Lipinski definition) is 4. The van der Waals surface area contributed by atoms with Gasteiger partial charge in [-0.25, -0.2) is 12.8 Å². The summed E-state index contributed by atoms with van der Waals surface area (Å²) in [7, 11) is -3.79. The molecule has 6 nitrogen and oxygen atoms in total. The smallest absolute Gasteiger partial charge is 0.241 e. The summed E-state index contributed by atoms with van der Waals surface area (Å²) in [5.41, 5.74) is 1.79. The Morgan fingerprint density at radius 1 is 1.03 bits per heavy atom. The number of halogens is 1. The van der Waals surface area contributed by atoms with E-state index in [1.807, 2.05) is 44.2 Å². The summed E-state index contributed by atoms with van der Waals surface area (Å²) in [4.78, 5) is 17.2. The van der Waals surface area contributed by atoms with Gasteiger partial charge < -0.3 is 4.90 Å². The standard InChI is InChI=1S/C25H32FN3O3S/c1-20(2)24(27-33(31,32)18-13-21-7-4-3-5-8-21)25(30)29-15-6-14-28(16-17-29)19-22-9-11-23(26)12-10-22/h3-5,7-13,18,20,24,27H,6,14-17,19H2,1-2H3/b18-13+/t24-/m0/s1. The lowest BCUT2D eigenvalue weighted by atomic mass is 10.0. The van der Waals surface area contributed by atoms with Crippen molar-refractivity contribution in [2.75, 3.05) is 26.2 Å². The SMILES string of the molecule is CC(C)[C@H](NS(=O)(=O)/C=C/c1ccccc1)C(=O)N1CCCN(Cc2ccc(F)cc2)CC1. The molecule has 1 N–H and O–H groups in total. The molecule has 0 saturated carbocycles. The molecule has 0 unspecified atom stereocenters. The molecule has 8 heteroatoms. The highest BCUT2D eigenvalue weighted by molar-refractivity contribution is 7.92. The third-order valence-corrected chi connectivity index (χ3v) is 6.76. The van der Waals surface area contributed by atoms with Crippen molar-refractivity contribution in [2.24, 2.45) is 5.92 Å². The molecule has 3 rings (SSSR count). The minimum absolute atomic E-state index is 0.198. The van der Waals surface area contributed by atoms with Crippen LogP contribution >= 0.6 is 0 Å². The number of sulfonamides is 1. The van der Waals surface area contributed by atoms with E-state index >= 15 is 0 Å². The van der Waals surface area contributed by atoms with Crippen molar-refractivity contribution in [3.63, 3.8) is 0 Å². The van der Waals surface area contributed by atoms with Gasteiger partial charge in [-0.15, -0.1) is 0 Å². The Morgan fingerprint density at radius 3 is 2.39 bits per heavy atom. The van der Waals surface area contributed by atoms with Gasteiger partial charge in [-0.1, -0.05) is 56.3 Å². The second-order valence-electron chi connectivity index (χ2n) is 8.68. The highest BCUT2D eigenvalue weighted by Gasteiger charge is 2.31. The number of amides is 1. The summed E-state index contributed by atoms with van der Waals surface area (Å²) in [5, 5.41) is 1.11. The van der Waals surface area contributed by atoms with Gasteiger partial charge in [0.25, 0.3) is 0 Å². The number of hydrogen-bond donors (Lipinski definition) is 1. The van der Waals surface area contributed by atoms with Gasteiger partial charge in [0.2, 0.25) is 15.9 Å². The number of rotatable bonds is 8. The molecule has 1 fully saturated rings. The van der Waals surface area contributed by atoms with Gasteiger partial charge >= 0.3 is 0 Å². The van der Waals surface area contributed by atoms with Gasteiger partial charge in [0.1, 0.15) is 11.9 Å². The van der Waals surface area contributed by atoms with Crippen LogP contribution in [0, 0.1) is 11.7 Å². The lowest BCUT2D eigenvalue weighted by Crippen LogP contribution is -2.51. The first-order valence-corrected chi connectivity index (χ1v) is 12.8. The molecule has 0 spiro atoms. The normalized spacial score (nSPS) is 16.8. The third kappa shape index (κ3) is 7.77. The maximum absolute atomic E-state index is 13.3. The minimum Gasteiger partial charge on any atom is -0.340 e. The van der Waals surface area contributed by atoms with Gasteiger partial charge in [-0.2, -0.15) is 4.72 Å². The lowest BCUT2D eigenvalue weighted by molar-refractivity contribution is -0.133. The average molecular weight is 474 g/mol. The van der Waals surface area contributed by atoms with Crippen LogP contribution < -0.4 is 4.72 Å². The quantitative estimate of drug-likeness (QED) is 0.637. The Balaban J connectivity index is 1.61. The molecular weight excluding hydrogens is 441 g/mol. The van der Waals surface area contributed by atoms with E-state index in [4.69, 9.17) is 0 Å². The molecule has 1 aliphatic rings. The van der Waals surface area contributed by atoms with Crippen LogP contribution in [0.15, 0.2) is 60.0 Å². The van der Waals surface area contributed by atoms with Crippen LogP contribution in [0.2, 0.25) is 0 Å². The van der Waals surface area contributed by atoms with Crippen LogP contribution in [-0.2, 0) is 21.4 Å². The minimum atomic E-state index is -3.79. The topological polar surface area (TPSA) is 69.7 Å². The van der Waals surface area contributed by atoms with E-state index in [0.717, 1.165) is 29.5 Å². The molecule has 2 aromatic carbocycles. The summed E-state index contributed by atoms with van der Waals surface area (Å²) in [6, 6.07) is 14.8. The summed E-state index contributed by atoms with van der Waals surface area (Å²) >= 11 is 0. The largest absolute Gasteiger partial charge is 0.340 e. The van der Waals surface area contributed by atoms with Gasteiger partial charge in [-0.05, 0) is 41.7 Å². The lowest BCUT2D eigenvalue weighted by Gasteiger charge is -2.28. The highest BCUT2D eigenvalue weighted by atomic mass is 32.2. The van der Waals surface area contributed by atoms with E-state index in [2.05, 4.69) is 9.62 Å². The molecule has 33 heavy (non-hydrogen) atoms. The molecule has 1 saturated heterocycles. The van der Waals surface area contributed by atoms with Gasteiger partial charge in [0, 0.05) is 38.1 Å². The van der Waals surface area contributed by atoms with E-state index < -0.39 is 16.1 Å². The molecule has 2 aromatic rings. The van der Waals surface area contributed by atoms with Crippen LogP contribution in [0.3, 0.4) is 0 Å². The third-order valence-electron chi connectivity index (χ3n) is 5.68. The Kier molecular flexibility index (Phi) is 8.77. The van der Waals surface area contributed by atoms with Crippen LogP contribution in [0.1, 0.15) is 31.4 Å². The Labute approximate surface area is 196 Å². The summed E-state index contributed by atoms with van der Waals surface area (Å²) in [5.74, 6) is -0.659. The van der Waals surface area contributed by atoms with Gasteiger partial charge in [0.15, 0.2) is 0 Å². The number of carbonyl (C=O) groups excluding carboxylic acids is 1. The maximum Gasteiger partial charge on any atom is 0.241 e. The Morgan fingerprint density at radius 2 is 1.73 bits per heavy atom. The van der Waals surface area contributed by atoms with Crippen molar-refractivity contribution in [3.05, 3.63) is 76.9 Å². The first-order chi connectivity index (χ1) is 15.7. The summed E-state index contributed by atoms with van der Waals surface area (Å²) < 4.78 is 41.0. The number of nitrogens with zero attached hydrogens (tertiary/aromatic N) is 2. The fraction of sp³-hybridized carbons (Fsp3) is 0.400. The van der Waals surface area contributed by atoms with Gasteiger partial charge in [0.05, 0.1) is 0 Å². The van der Waals surface area contributed by atoms with Crippen molar-refractivity contribution < 1.29 is 17.6 Å². The molecule has 0 radical (unpaired) electrons. The first-order valence-electron chi connectivity index (χ1n) is 11.2. The van der Waals surface area contributed by atoms with Crippen LogP contribution in [0.25, 0.3) is 6.08 Å². The van der Waals surface area contributed by atoms with E-state index in [0.29, 0.717) is 26.2 Å². The fourth-order valence-corrected chi connectivity index (χ4v) is 4.96. The molecule has 178 valence electrons. The second-order valence-corrected chi connectivity index (χ2v) is 10.3. The van der Waals surface area contributed by atoms with Crippen LogP contribution in [0.5, 0.6) is 0 Å². The van der Waals surface area contributed by atoms with Crippen molar-refractivity contribution in [1.29, 1.82) is 0 Å². The Bertz CT molecular complexity index is 1040. The van der Waals surface area contributed by atoms with E-state index in [9.17, 15) is 17.6 Å². The molecular formula is C25H32FN3O3S. The van der Waals surface area contributed by atoms with E-state index in [1.165, 1.54) is 18.2 Å². The zero-order valence-corrected chi connectivity index (χ0v) is 20.0. The van der Waals surface area contributed by atoms with Crippen molar-refractivity contribution in [3.8, 4) is 0 Å². The van der Waals surface area contributed by atoms with Crippen LogP contribution in [-0.4, -0.2) is 56.3 Å². The molecule has 0 bridgehead atoms. The molecule has 1 aliphatic heterocycles. The van der Waals surface area contributed by atoms with Crippen molar-refractivity contribution >= 4 is 22.0 Å². The van der Waals surface area contributed by atoms with E-state index in [-0.39, 0.29) is 17.6 Å².